The van der Waals surface area contributed by atoms with Crippen molar-refractivity contribution < 1.29 is 39.3 Å². The number of rotatable bonds is 4. The highest BCUT2D eigenvalue weighted by molar-refractivity contribution is 7.46. The highest BCUT2D eigenvalue weighted by Gasteiger charge is 2.48. The number of fused-ring (bicyclic) bond motifs is 1. The average molecular weight is 365 g/mol. The van der Waals surface area contributed by atoms with Crippen molar-refractivity contribution in [3.05, 3.63) is 12.7 Å². The van der Waals surface area contributed by atoms with E-state index in [0.717, 1.165) is 0 Å². The molecular formula is C10H16N5O8P. The van der Waals surface area contributed by atoms with Gasteiger partial charge in [0, 0.05) is 0 Å². The van der Waals surface area contributed by atoms with Crippen LogP contribution in [0.3, 0.4) is 0 Å². The number of ether oxygens (including phenoxy) is 1. The van der Waals surface area contributed by atoms with E-state index in [2.05, 4.69) is 19.5 Å². The van der Waals surface area contributed by atoms with E-state index in [1.807, 2.05) is 0 Å². The summed E-state index contributed by atoms with van der Waals surface area (Å²) in [7, 11) is -4.91. The van der Waals surface area contributed by atoms with Gasteiger partial charge in [-0.1, -0.05) is 0 Å². The van der Waals surface area contributed by atoms with Crippen LogP contribution >= 0.6 is 7.82 Å². The molecule has 1 aliphatic heterocycles. The average Bonchev–Trinajstić information content (AvgIpc) is 3.01. The topological polar surface area (TPSA) is 218 Å². The summed E-state index contributed by atoms with van der Waals surface area (Å²) in [6, 6.07) is 0. The maximum Gasteiger partial charge on any atom is 0.470 e. The highest BCUT2D eigenvalue weighted by atomic mass is 31.2. The summed E-state index contributed by atoms with van der Waals surface area (Å²) in [6.07, 6.45) is -2.72. The fourth-order valence-electron chi connectivity index (χ4n) is 2.42. The zero-order valence-corrected chi connectivity index (χ0v) is 12.9. The van der Waals surface area contributed by atoms with Crippen molar-refractivity contribution in [3.8, 4) is 0 Å². The van der Waals surface area contributed by atoms with Gasteiger partial charge in [-0.2, -0.15) is 0 Å². The Morgan fingerprint density at radius 3 is 2.71 bits per heavy atom. The molecule has 0 amide bonds. The Balaban J connectivity index is 0.00000208. The Morgan fingerprint density at radius 1 is 1.38 bits per heavy atom. The molecule has 0 radical (unpaired) electrons. The predicted octanol–water partition coefficient (Wildman–Crippen LogP) is -2.69. The van der Waals surface area contributed by atoms with Gasteiger partial charge in [0.15, 0.2) is 17.7 Å². The molecule has 2 aromatic heterocycles. The SMILES string of the molecule is Nc1ncnc2c1ncn2[C@@H]1OC(CO)C(O)[C@H]1OP(=O)(O)O.O. The van der Waals surface area contributed by atoms with Crippen LogP contribution in [0.4, 0.5) is 5.82 Å². The molecule has 14 heteroatoms. The number of aliphatic hydroxyl groups is 2. The summed E-state index contributed by atoms with van der Waals surface area (Å²) < 4.78 is 22.5. The fourth-order valence-corrected chi connectivity index (χ4v) is 2.97. The van der Waals surface area contributed by atoms with Gasteiger partial charge in [-0.3, -0.25) is 9.09 Å². The van der Waals surface area contributed by atoms with E-state index in [-0.39, 0.29) is 22.5 Å². The molecule has 1 aliphatic rings. The lowest BCUT2D eigenvalue weighted by Crippen LogP contribution is -2.34. The zero-order valence-electron chi connectivity index (χ0n) is 12.0. The molecule has 1 saturated heterocycles. The minimum absolute atomic E-state index is 0. The van der Waals surface area contributed by atoms with E-state index in [0.29, 0.717) is 0 Å². The number of nitrogens with zero attached hydrogens (tertiary/aromatic N) is 4. The summed E-state index contributed by atoms with van der Waals surface area (Å²) in [6.45, 7) is -0.567. The van der Waals surface area contributed by atoms with Gasteiger partial charge in [0.05, 0.1) is 12.9 Å². The van der Waals surface area contributed by atoms with Crippen molar-refractivity contribution in [2.75, 3.05) is 12.3 Å². The Labute approximate surface area is 134 Å². The van der Waals surface area contributed by atoms with Crippen molar-refractivity contribution in [1.29, 1.82) is 0 Å². The van der Waals surface area contributed by atoms with Crippen LogP contribution in [0.2, 0.25) is 0 Å². The second kappa shape index (κ2) is 6.66. The normalized spacial score (nSPS) is 27.3. The van der Waals surface area contributed by atoms with Crippen LogP contribution in [-0.4, -0.2) is 69.9 Å². The molecule has 0 aliphatic carbocycles. The van der Waals surface area contributed by atoms with E-state index in [1.54, 1.807) is 0 Å². The van der Waals surface area contributed by atoms with Gasteiger partial charge in [0.25, 0.3) is 0 Å². The molecule has 4 atom stereocenters. The van der Waals surface area contributed by atoms with Gasteiger partial charge in [0.1, 0.15) is 30.2 Å². The predicted molar refractivity (Wildman–Crippen MR) is 77.3 cm³/mol. The summed E-state index contributed by atoms with van der Waals surface area (Å²) in [5.41, 5.74) is 6.16. The highest BCUT2D eigenvalue weighted by Crippen LogP contribution is 2.45. The number of hydrogen-bond donors (Lipinski definition) is 5. The maximum atomic E-state index is 11.1. The van der Waals surface area contributed by atoms with E-state index >= 15 is 0 Å². The van der Waals surface area contributed by atoms with Crippen molar-refractivity contribution >= 4 is 24.8 Å². The summed E-state index contributed by atoms with van der Waals surface area (Å²) in [5.74, 6) is 0.110. The second-order valence-corrected chi connectivity index (χ2v) is 6.07. The van der Waals surface area contributed by atoms with Crippen LogP contribution in [0.1, 0.15) is 6.23 Å². The van der Waals surface area contributed by atoms with Gasteiger partial charge in [-0.05, 0) is 0 Å². The van der Waals surface area contributed by atoms with Crippen molar-refractivity contribution in [3.63, 3.8) is 0 Å². The molecule has 24 heavy (non-hydrogen) atoms. The van der Waals surface area contributed by atoms with Gasteiger partial charge in [-0.15, -0.1) is 0 Å². The van der Waals surface area contributed by atoms with Crippen LogP contribution in [0.5, 0.6) is 0 Å². The van der Waals surface area contributed by atoms with E-state index in [1.165, 1.54) is 17.2 Å². The first kappa shape index (κ1) is 18.6. The lowest BCUT2D eigenvalue weighted by molar-refractivity contribution is -0.0505. The molecule has 3 heterocycles. The number of imidazole rings is 1. The molecule has 0 bridgehead atoms. The quantitative estimate of drug-likeness (QED) is 0.351. The van der Waals surface area contributed by atoms with Gasteiger partial charge in [-0.25, -0.2) is 19.5 Å². The smallest absolute Gasteiger partial charge is 0.412 e. The molecule has 2 aromatic rings. The Morgan fingerprint density at radius 2 is 2.08 bits per heavy atom. The largest absolute Gasteiger partial charge is 0.470 e. The third-order valence-corrected chi connectivity index (χ3v) is 3.93. The van der Waals surface area contributed by atoms with Crippen molar-refractivity contribution in [2.24, 2.45) is 0 Å². The Hall–Kier alpha value is -1.70. The number of phosphoric ester groups is 1. The van der Waals surface area contributed by atoms with E-state index < -0.39 is 39.0 Å². The minimum atomic E-state index is -4.91. The lowest BCUT2D eigenvalue weighted by atomic mass is 10.1. The first-order valence-corrected chi connectivity index (χ1v) is 7.96. The van der Waals surface area contributed by atoms with Crippen LogP contribution in [0, 0.1) is 0 Å². The number of phosphoric acid groups is 1. The monoisotopic (exact) mass is 365 g/mol. The molecular weight excluding hydrogens is 349 g/mol. The number of aliphatic hydroxyl groups excluding tert-OH is 2. The first-order valence-electron chi connectivity index (χ1n) is 6.43. The van der Waals surface area contributed by atoms with E-state index in [4.69, 9.17) is 20.3 Å². The van der Waals surface area contributed by atoms with Crippen LogP contribution < -0.4 is 5.73 Å². The third kappa shape index (κ3) is 3.24. The number of hydrogen-bond acceptors (Lipinski definition) is 9. The summed E-state index contributed by atoms with van der Waals surface area (Å²) >= 11 is 0. The number of anilines is 1. The summed E-state index contributed by atoms with van der Waals surface area (Å²) in [5, 5.41) is 19.3. The molecule has 2 unspecified atom stereocenters. The van der Waals surface area contributed by atoms with E-state index in [9.17, 15) is 14.8 Å². The Kier molecular flexibility index (Phi) is 5.17. The van der Waals surface area contributed by atoms with Crippen LogP contribution in [-0.2, 0) is 13.8 Å². The molecule has 134 valence electrons. The van der Waals surface area contributed by atoms with Crippen molar-refractivity contribution in [2.45, 2.75) is 24.5 Å². The van der Waals surface area contributed by atoms with Crippen molar-refractivity contribution in [1.82, 2.24) is 19.5 Å². The number of aromatic nitrogens is 4. The molecule has 0 aromatic carbocycles. The maximum absolute atomic E-state index is 11.1. The molecule has 8 N–H and O–H groups in total. The van der Waals surface area contributed by atoms with Gasteiger partial charge < -0.3 is 35.9 Å². The molecule has 0 saturated carbocycles. The standard InChI is InChI=1S/C10H14N5O7P.H2O/c11-8-5-9(13-2-12-8)15(3-14-5)10-7(22-23(18,19)20)6(17)4(1-16)21-10;/h2-4,6-7,10,16-17H,1H2,(H2,11,12,13)(H2,18,19,20);1H2/t4?,6?,7-,10-;/m1./s1. The number of nitrogen functional groups attached to an aromatic ring is 1. The van der Waals surface area contributed by atoms with Crippen LogP contribution in [0.25, 0.3) is 11.2 Å². The zero-order chi connectivity index (χ0) is 16.8. The summed E-state index contributed by atoms with van der Waals surface area (Å²) in [4.78, 5) is 29.8. The molecule has 3 rings (SSSR count). The second-order valence-electron chi connectivity index (χ2n) is 4.88. The van der Waals surface area contributed by atoms with Gasteiger partial charge in [0.2, 0.25) is 0 Å². The first-order chi connectivity index (χ1) is 10.8. The fraction of sp³-hybridized carbons (Fsp3) is 0.500. The third-order valence-electron chi connectivity index (χ3n) is 3.41. The molecule has 1 fully saturated rings. The number of nitrogens with two attached hydrogens (primary N) is 1. The minimum Gasteiger partial charge on any atom is -0.412 e. The lowest BCUT2D eigenvalue weighted by Gasteiger charge is -2.21. The molecule has 13 nitrogen and oxygen atoms in total. The molecule has 0 spiro atoms. The Bertz CT molecular complexity index is 765. The van der Waals surface area contributed by atoms with Crippen LogP contribution in [0.15, 0.2) is 12.7 Å². The van der Waals surface area contributed by atoms with Gasteiger partial charge >= 0.3 is 7.82 Å².